The van der Waals surface area contributed by atoms with Gasteiger partial charge in [-0.2, -0.15) is 0 Å². The summed E-state index contributed by atoms with van der Waals surface area (Å²) in [6, 6.07) is 0. The fourth-order valence-electron chi connectivity index (χ4n) is 3.90. The van der Waals surface area contributed by atoms with Gasteiger partial charge < -0.3 is 5.11 Å². The normalized spacial score (nSPS) is 42.9. The second-order valence-electron chi connectivity index (χ2n) is 6.38. The van der Waals surface area contributed by atoms with Gasteiger partial charge in [-0.25, -0.2) is 0 Å². The Morgan fingerprint density at radius 3 is 2.62 bits per heavy atom. The van der Waals surface area contributed by atoms with Gasteiger partial charge in [0.2, 0.25) is 0 Å². The van der Waals surface area contributed by atoms with Crippen molar-refractivity contribution in [1.29, 1.82) is 0 Å². The third kappa shape index (κ3) is 1.41. The van der Waals surface area contributed by atoms with Crippen molar-refractivity contribution < 1.29 is 5.11 Å². The van der Waals surface area contributed by atoms with E-state index in [1.54, 1.807) is 0 Å². The Morgan fingerprint density at radius 2 is 2.19 bits per heavy atom. The fraction of sp³-hybridized carbons (Fsp3) is 0.733. The smallest absolute Gasteiger partial charge is 0.0926 e. The maximum absolute atomic E-state index is 11.0. The molecule has 0 radical (unpaired) electrons. The predicted molar refractivity (Wildman–Crippen MR) is 68.1 cm³/mol. The molecule has 3 aliphatic rings. The summed E-state index contributed by atoms with van der Waals surface area (Å²) in [6.07, 6.45) is 5.11. The molecule has 90 valence electrons. The van der Waals surface area contributed by atoms with Crippen LogP contribution in [0.25, 0.3) is 0 Å². The molecule has 1 nitrogen and oxygen atoms in total. The molecule has 1 N–H and O–H groups in total. The molecule has 3 aliphatic carbocycles. The van der Waals surface area contributed by atoms with E-state index in [0.717, 1.165) is 24.3 Å². The van der Waals surface area contributed by atoms with Crippen molar-refractivity contribution in [2.75, 3.05) is 0 Å². The Hall–Kier alpha value is -0.560. The van der Waals surface area contributed by atoms with Gasteiger partial charge >= 0.3 is 0 Å². The van der Waals surface area contributed by atoms with Crippen LogP contribution in [-0.2, 0) is 0 Å². The Kier molecular flexibility index (Phi) is 2.58. The number of fused-ring (bicyclic) bond motifs is 2. The molecule has 0 spiro atoms. The minimum Gasteiger partial charge on any atom is -0.385 e. The molecule has 0 aromatic rings. The summed E-state index contributed by atoms with van der Waals surface area (Å²) in [4.78, 5) is 0. The molecule has 0 aliphatic heterocycles. The second kappa shape index (κ2) is 3.46. The lowest BCUT2D eigenvalue weighted by Crippen LogP contribution is -2.62. The lowest BCUT2D eigenvalue weighted by Gasteiger charge is -2.64. The summed E-state index contributed by atoms with van der Waals surface area (Å²) >= 11 is 0. The number of allylic oxidation sites excluding steroid dienone is 1. The third-order valence-corrected chi connectivity index (χ3v) is 4.99. The quantitative estimate of drug-likeness (QED) is 0.704. The highest BCUT2D eigenvalue weighted by molar-refractivity contribution is 5.31. The van der Waals surface area contributed by atoms with Crippen LogP contribution >= 0.6 is 0 Å². The molecule has 3 atom stereocenters. The van der Waals surface area contributed by atoms with Gasteiger partial charge in [0.1, 0.15) is 0 Å². The molecule has 3 saturated carbocycles. The van der Waals surface area contributed by atoms with Crippen LogP contribution in [0.3, 0.4) is 0 Å². The summed E-state index contributed by atoms with van der Waals surface area (Å²) < 4.78 is 0. The van der Waals surface area contributed by atoms with E-state index in [1.807, 2.05) is 6.92 Å². The van der Waals surface area contributed by atoms with Crippen molar-refractivity contribution in [3.05, 3.63) is 23.8 Å². The molecule has 3 rings (SSSR count). The highest BCUT2D eigenvalue weighted by atomic mass is 16.3. The zero-order valence-corrected chi connectivity index (χ0v) is 11.0. The molecular formula is C15H24O. The molecule has 0 amide bonds. The second-order valence-corrected chi connectivity index (χ2v) is 6.38. The van der Waals surface area contributed by atoms with E-state index < -0.39 is 5.60 Å². The highest BCUT2D eigenvalue weighted by Crippen LogP contribution is 2.65. The van der Waals surface area contributed by atoms with Crippen molar-refractivity contribution in [3.63, 3.8) is 0 Å². The van der Waals surface area contributed by atoms with E-state index >= 15 is 0 Å². The van der Waals surface area contributed by atoms with E-state index in [-0.39, 0.29) is 0 Å². The predicted octanol–water partition coefficient (Wildman–Crippen LogP) is 3.70. The number of rotatable bonds is 2. The first-order chi connectivity index (χ1) is 7.32. The average molecular weight is 220 g/mol. The van der Waals surface area contributed by atoms with Gasteiger partial charge in [-0.1, -0.05) is 25.5 Å². The molecule has 2 bridgehead atoms. The van der Waals surface area contributed by atoms with Crippen LogP contribution in [0.15, 0.2) is 23.8 Å². The largest absolute Gasteiger partial charge is 0.385 e. The van der Waals surface area contributed by atoms with Gasteiger partial charge in [-0.3, -0.25) is 0 Å². The van der Waals surface area contributed by atoms with Gasteiger partial charge in [0, 0.05) is 6.42 Å². The Morgan fingerprint density at radius 1 is 1.56 bits per heavy atom. The van der Waals surface area contributed by atoms with Crippen LogP contribution in [0.4, 0.5) is 0 Å². The number of hydrogen-bond donors (Lipinski definition) is 1. The number of hydrogen-bond acceptors (Lipinski definition) is 1. The third-order valence-electron chi connectivity index (χ3n) is 4.99. The molecule has 0 unspecified atom stereocenters. The first-order valence-corrected chi connectivity index (χ1v) is 6.34. The minimum absolute atomic E-state index is 0.302. The molecule has 1 heteroatoms. The van der Waals surface area contributed by atoms with Crippen molar-refractivity contribution >= 4 is 0 Å². The SMILES string of the molecule is C=C(C)C[C@@]1(O)/C(=C/C)C[C@H]2C[C@@H]1C2(C)C. The molecule has 3 fully saturated rings. The summed E-state index contributed by atoms with van der Waals surface area (Å²) in [5.74, 6) is 1.19. The molecule has 0 aromatic heterocycles. The van der Waals surface area contributed by atoms with E-state index in [4.69, 9.17) is 0 Å². The van der Waals surface area contributed by atoms with Crippen LogP contribution < -0.4 is 0 Å². The minimum atomic E-state index is -0.612. The molecule has 0 aromatic carbocycles. The van der Waals surface area contributed by atoms with Crippen LogP contribution in [-0.4, -0.2) is 10.7 Å². The number of aliphatic hydroxyl groups is 1. The Bertz CT molecular complexity index is 350. The summed E-state index contributed by atoms with van der Waals surface area (Å²) in [5, 5.41) is 11.0. The highest BCUT2D eigenvalue weighted by Gasteiger charge is 2.62. The van der Waals surface area contributed by atoms with E-state index in [2.05, 4.69) is 33.4 Å². The summed E-state index contributed by atoms with van der Waals surface area (Å²) in [5.41, 5.74) is 2.02. The van der Waals surface area contributed by atoms with Crippen molar-refractivity contribution in [1.82, 2.24) is 0 Å². The van der Waals surface area contributed by atoms with Gasteiger partial charge in [-0.05, 0) is 49.5 Å². The van der Waals surface area contributed by atoms with Crippen molar-refractivity contribution in [2.24, 2.45) is 17.3 Å². The Labute approximate surface area is 99.3 Å². The Balaban J connectivity index is 2.35. The first kappa shape index (κ1) is 11.9. The standard InChI is InChI=1S/C15H24O/c1-6-11-7-12-8-13(14(12,4)5)15(11,16)9-10(2)3/h6,12-13,16H,2,7-9H2,1,3-5H3/b11-6+/t12-,13+,15+/m0/s1. The molecule has 0 saturated heterocycles. The van der Waals surface area contributed by atoms with Gasteiger partial charge in [0.15, 0.2) is 0 Å². The van der Waals surface area contributed by atoms with E-state index in [0.29, 0.717) is 11.3 Å². The lowest BCUT2D eigenvalue weighted by molar-refractivity contribution is -0.168. The van der Waals surface area contributed by atoms with E-state index in [1.165, 1.54) is 12.0 Å². The zero-order valence-electron chi connectivity index (χ0n) is 11.0. The van der Waals surface area contributed by atoms with E-state index in [9.17, 15) is 5.11 Å². The zero-order chi connectivity index (χ0) is 12.1. The fourth-order valence-corrected chi connectivity index (χ4v) is 3.90. The van der Waals surface area contributed by atoms with Crippen LogP contribution in [0.5, 0.6) is 0 Å². The van der Waals surface area contributed by atoms with Crippen LogP contribution in [0.1, 0.15) is 47.0 Å². The van der Waals surface area contributed by atoms with Crippen LogP contribution in [0.2, 0.25) is 0 Å². The van der Waals surface area contributed by atoms with Gasteiger partial charge in [0.05, 0.1) is 5.60 Å². The maximum atomic E-state index is 11.0. The molecular weight excluding hydrogens is 196 g/mol. The van der Waals surface area contributed by atoms with Crippen molar-refractivity contribution in [2.45, 2.75) is 52.6 Å². The van der Waals surface area contributed by atoms with Gasteiger partial charge in [0.25, 0.3) is 0 Å². The summed E-state index contributed by atoms with van der Waals surface area (Å²) in [7, 11) is 0. The molecule has 0 heterocycles. The van der Waals surface area contributed by atoms with Crippen molar-refractivity contribution in [3.8, 4) is 0 Å². The first-order valence-electron chi connectivity index (χ1n) is 6.34. The summed E-state index contributed by atoms with van der Waals surface area (Å²) in [6.45, 7) is 12.7. The monoisotopic (exact) mass is 220 g/mol. The molecule has 16 heavy (non-hydrogen) atoms. The van der Waals surface area contributed by atoms with Crippen LogP contribution in [0, 0.1) is 17.3 Å². The van der Waals surface area contributed by atoms with Gasteiger partial charge in [-0.15, -0.1) is 6.58 Å². The topological polar surface area (TPSA) is 20.2 Å². The maximum Gasteiger partial charge on any atom is 0.0926 e. The lowest BCUT2D eigenvalue weighted by atomic mass is 9.42. The average Bonchev–Trinajstić information content (AvgIpc) is 2.15.